The molecule has 0 radical (unpaired) electrons. The van der Waals surface area contributed by atoms with Crippen molar-refractivity contribution in [3.8, 4) is 22.8 Å². The van der Waals surface area contributed by atoms with Crippen LogP contribution in [0.4, 0.5) is 0 Å². The van der Waals surface area contributed by atoms with Crippen molar-refractivity contribution in [1.29, 1.82) is 0 Å². The minimum absolute atomic E-state index is 0.120. The zero-order chi connectivity index (χ0) is 34.5. The normalized spacial score (nSPS) is 14.2. The van der Waals surface area contributed by atoms with Crippen LogP contribution in [0.15, 0.2) is 74.0 Å². The molecule has 2 aromatic carbocycles. The number of ether oxygens (including phenoxy) is 5. The van der Waals surface area contributed by atoms with Gasteiger partial charge in [0.1, 0.15) is 11.5 Å². The highest BCUT2D eigenvalue weighted by atomic mass is 35.5. The molecule has 1 atom stereocenters. The van der Waals surface area contributed by atoms with Crippen molar-refractivity contribution >= 4 is 46.9 Å². The summed E-state index contributed by atoms with van der Waals surface area (Å²) in [6.07, 6.45) is 1.59. The van der Waals surface area contributed by atoms with Crippen molar-refractivity contribution in [2.45, 2.75) is 26.8 Å². The van der Waals surface area contributed by atoms with Gasteiger partial charge in [-0.05, 0) is 62.7 Å². The lowest BCUT2D eigenvalue weighted by atomic mass is 9.95. The molecule has 0 aliphatic carbocycles. The number of furan rings is 1. The van der Waals surface area contributed by atoms with Gasteiger partial charge < -0.3 is 28.1 Å². The first-order valence-corrected chi connectivity index (χ1v) is 15.9. The molecule has 250 valence electrons. The lowest BCUT2D eigenvalue weighted by Gasteiger charge is -2.25. The van der Waals surface area contributed by atoms with Crippen molar-refractivity contribution in [1.82, 2.24) is 4.57 Å². The third kappa shape index (κ3) is 6.92. The molecule has 48 heavy (non-hydrogen) atoms. The van der Waals surface area contributed by atoms with E-state index in [1.807, 2.05) is 0 Å². The molecule has 0 amide bonds. The Hall–Kier alpha value is -5.14. The largest absolute Gasteiger partial charge is 0.490 e. The quantitative estimate of drug-likeness (QED) is 0.163. The molecule has 14 heteroatoms. The average Bonchev–Trinajstić information content (AvgIpc) is 3.66. The number of esters is 3. The molecule has 4 aromatic rings. The Kier molecular flexibility index (Phi) is 10.5. The van der Waals surface area contributed by atoms with E-state index in [0.29, 0.717) is 43.4 Å². The van der Waals surface area contributed by atoms with Crippen LogP contribution in [0.1, 0.15) is 48.5 Å². The number of rotatable bonds is 11. The maximum Gasteiger partial charge on any atom is 0.343 e. The molecule has 1 aliphatic heterocycles. The first-order valence-electron chi connectivity index (χ1n) is 14.7. The summed E-state index contributed by atoms with van der Waals surface area (Å²) in [5.74, 6) is -0.307. The van der Waals surface area contributed by atoms with Crippen LogP contribution in [0.3, 0.4) is 0 Å². The van der Waals surface area contributed by atoms with Gasteiger partial charge in [-0.2, -0.15) is 0 Å². The predicted molar refractivity (Wildman–Crippen MR) is 176 cm³/mol. The number of benzene rings is 2. The number of hydrogen-bond donors (Lipinski definition) is 0. The Morgan fingerprint density at radius 1 is 0.979 bits per heavy atom. The van der Waals surface area contributed by atoms with Gasteiger partial charge in [-0.1, -0.05) is 35.1 Å². The first-order chi connectivity index (χ1) is 23.1. The maximum atomic E-state index is 14.1. The zero-order valence-corrected chi connectivity index (χ0v) is 28.2. The Morgan fingerprint density at radius 3 is 2.46 bits per heavy atom. The average molecular weight is 695 g/mol. The third-order valence-electron chi connectivity index (χ3n) is 7.23. The van der Waals surface area contributed by atoms with Crippen LogP contribution < -0.4 is 24.4 Å². The van der Waals surface area contributed by atoms with Crippen LogP contribution in [0, 0.1) is 0 Å². The fraction of sp³-hybridized carbons (Fsp3) is 0.265. The molecule has 0 unspecified atom stereocenters. The lowest BCUT2D eigenvalue weighted by Crippen LogP contribution is -2.40. The van der Waals surface area contributed by atoms with E-state index in [2.05, 4.69) is 9.73 Å². The number of aromatic nitrogens is 1. The summed E-state index contributed by atoms with van der Waals surface area (Å²) < 4.78 is 34.0. The molecule has 0 N–H and O–H groups in total. The van der Waals surface area contributed by atoms with Gasteiger partial charge in [0.25, 0.3) is 5.56 Å². The number of carbonyl (C=O) groups is 3. The van der Waals surface area contributed by atoms with Gasteiger partial charge in [0.15, 0.2) is 22.9 Å². The highest BCUT2D eigenvalue weighted by Crippen LogP contribution is 2.36. The Labute approximate surface area is 283 Å². The lowest BCUT2D eigenvalue weighted by molar-refractivity contribution is -0.143. The SMILES string of the molecule is CCOC(=O)C1=C(C)N=c2s/c(=C\c3ccc(-c4ccc(C(=O)OC)c(Cl)c4)o3)c(=O)n2[C@H]1c1ccc(OCC(=O)OC)c(OCC)c1. The molecule has 0 spiro atoms. The van der Waals surface area contributed by atoms with E-state index < -0.39 is 29.5 Å². The minimum atomic E-state index is -0.918. The van der Waals surface area contributed by atoms with Crippen molar-refractivity contribution in [2.75, 3.05) is 34.0 Å². The molecule has 3 heterocycles. The monoisotopic (exact) mass is 694 g/mol. The van der Waals surface area contributed by atoms with Gasteiger partial charge in [-0.15, -0.1) is 0 Å². The van der Waals surface area contributed by atoms with E-state index in [4.69, 9.17) is 35.0 Å². The molecule has 0 saturated heterocycles. The summed E-state index contributed by atoms with van der Waals surface area (Å²) >= 11 is 7.43. The van der Waals surface area contributed by atoms with E-state index in [9.17, 15) is 19.2 Å². The van der Waals surface area contributed by atoms with Crippen LogP contribution >= 0.6 is 22.9 Å². The maximum absolute atomic E-state index is 14.1. The summed E-state index contributed by atoms with van der Waals surface area (Å²) in [6.45, 7) is 5.24. The van der Waals surface area contributed by atoms with Crippen molar-refractivity contribution in [3.63, 3.8) is 0 Å². The van der Waals surface area contributed by atoms with Crippen molar-refractivity contribution in [3.05, 3.63) is 101 Å². The fourth-order valence-corrected chi connectivity index (χ4v) is 6.33. The van der Waals surface area contributed by atoms with E-state index in [0.717, 1.165) is 11.3 Å². The number of halogens is 1. The van der Waals surface area contributed by atoms with Crippen LogP contribution in [0.2, 0.25) is 5.02 Å². The van der Waals surface area contributed by atoms with Gasteiger partial charge in [-0.25, -0.2) is 19.4 Å². The molecule has 12 nitrogen and oxygen atoms in total. The molecule has 0 saturated carbocycles. The number of carbonyl (C=O) groups excluding carboxylic acids is 3. The number of fused-ring (bicyclic) bond motifs is 1. The predicted octanol–water partition coefficient (Wildman–Crippen LogP) is 4.45. The van der Waals surface area contributed by atoms with E-state index in [1.54, 1.807) is 75.4 Å². The smallest absolute Gasteiger partial charge is 0.343 e. The topological polar surface area (TPSA) is 145 Å². The summed E-state index contributed by atoms with van der Waals surface area (Å²) in [7, 11) is 2.53. The minimum Gasteiger partial charge on any atom is -0.490 e. The van der Waals surface area contributed by atoms with Crippen molar-refractivity contribution < 1.29 is 42.5 Å². The summed E-state index contributed by atoms with van der Waals surface area (Å²) in [4.78, 5) is 56.0. The van der Waals surface area contributed by atoms with Crippen LogP contribution in [0.5, 0.6) is 11.5 Å². The Morgan fingerprint density at radius 2 is 1.77 bits per heavy atom. The second-order valence-electron chi connectivity index (χ2n) is 10.2. The molecule has 1 aliphatic rings. The molecule has 0 bridgehead atoms. The molecular weight excluding hydrogens is 664 g/mol. The highest BCUT2D eigenvalue weighted by Gasteiger charge is 2.34. The number of nitrogens with zero attached hydrogens (tertiary/aromatic N) is 2. The highest BCUT2D eigenvalue weighted by molar-refractivity contribution is 7.07. The molecule has 5 rings (SSSR count). The second kappa shape index (κ2) is 14.7. The van der Waals surface area contributed by atoms with Gasteiger partial charge in [0.2, 0.25) is 0 Å². The number of thiazole rings is 1. The van der Waals surface area contributed by atoms with Gasteiger partial charge in [0.05, 0.1) is 59.9 Å². The number of hydrogen-bond acceptors (Lipinski definition) is 12. The number of methoxy groups -OCH3 is 2. The van der Waals surface area contributed by atoms with Crippen molar-refractivity contribution in [2.24, 2.45) is 4.99 Å². The fourth-order valence-electron chi connectivity index (χ4n) is 5.04. The van der Waals surface area contributed by atoms with E-state index in [-0.39, 0.29) is 41.7 Å². The van der Waals surface area contributed by atoms with Gasteiger partial charge in [-0.3, -0.25) is 9.36 Å². The van der Waals surface area contributed by atoms with Crippen LogP contribution in [0.25, 0.3) is 17.4 Å². The van der Waals surface area contributed by atoms with E-state index in [1.165, 1.54) is 18.8 Å². The van der Waals surface area contributed by atoms with Crippen LogP contribution in [-0.2, 0) is 23.8 Å². The first kappa shape index (κ1) is 34.2. The third-order valence-corrected chi connectivity index (χ3v) is 8.53. The zero-order valence-electron chi connectivity index (χ0n) is 26.7. The Bertz CT molecular complexity index is 2110. The molecule has 2 aromatic heterocycles. The summed E-state index contributed by atoms with van der Waals surface area (Å²) in [5.41, 5.74) is 1.54. The molecule has 0 fully saturated rings. The second-order valence-corrected chi connectivity index (χ2v) is 11.6. The van der Waals surface area contributed by atoms with Crippen LogP contribution in [-0.4, -0.2) is 56.5 Å². The standard InChI is InChI=1S/C34H31ClN2O10S/c1-6-44-26-15-20(9-12-25(26)46-17-28(38)42-4)30-29(33(41)45-7-2)18(3)36-34-37(30)31(39)27(48-34)16-21-10-13-24(47-21)19-8-11-22(23(35)14-19)32(40)43-5/h8-16,30H,6-7,17H2,1-5H3/b27-16-/t30-/m0/s1. The number of allylic oxidation sites excluding steroid dienone is 1. The summed E-state index contributed by atoms with van der Waals surface area (Å²) in [6, 6.07) is 12.3. The van der Waals surface area contributed by atoms with Gasteiger partial charge in [0, 0.05) is 11.6 Å². The Balaban J connectivity index is 1.59. The summed E-state index contributed by atoms with van der Waals surface area (Å²) in [5, 5.41) is 0.203. The van der Waals surface area contributed by atoms with E-state index >= 15 is 0 Å². The van der Waals surface area contributed by atoms with Gasteiger partial charge >= 0.3 is 17.9 Å². The molecular formula is C34H31ClN2O10S.